The molecule has 0 atom stereocenters. The highest BCUT2D eigenvalue weighted by Crippen LogP contribution is 2.22. The molecule has 0 saturated heterocycles. The standard InChI is InChI=1S/C18H18ClN3OS/c1-13-4-3-5-14(10-13)12-24-18-21-20-17(22(18)2)11-23-16-8-6-15(19)7-9-16/h3-10H,11-12H2,1-2H3. The summed E-state index contributed by atoms with van der Waals surface area (Å²) in [6.07, 6.45) is 0. The van der Waals surface area contributed by atoms with Crippen LogP contribution in [0.15, 0.2) is 53.7 Å². The highest BCUT2D eigenvalue weighted by Gasteiger charge is 2.10. The lowest BCUT2D eigenvalue weighted by atomic mass is 10.2. The van der Waals surface area contributed by atoms with Crippen LogP contribution in [0.5, 0.6) is 5.75 Å². The van der Waals surface area contributed by atoms with Crippen molar-refractivity contribution in [2.24, 2.45) is 7.05 Å². The van der Waals surface area contributed by atoms with E-state index >= 15 is 0 Å². The largest absolute Gasteiger partial charge is 0.486 e. The van der Waals surface area contributed by atoms with Gasteiger partial charge in [0.15, 0.2) is 11.0 Å². The van der Waals surface area contributed by atoms with Crippen LogP contribution in [0.1, 0.15) is 17.0 Å². The number of rotatable bonds is 6. The number of aromatic nitrogens is 3. The fourth-order valence-corrected chi connectivity index (χ4v) is 3.22. The molecule has 124 valence electrons. The van der Waals surface area contributed by atoms with Crippen molar-refractivity contribution in [3.63, 3.8) is 0 Å². The highest BCUT2D eigenvalue weighted by molar-refractivity contribution is 7.98. The van der Waals surface area contributed by atoms with Crippen molar-refractivity contribution in [2.75, 3.05) is 0 Å². The van der Waals surface area contributed by atoms with Crippen LogP contribution in [0.2, 0.25) is 5.02 Å². The second-order valence-corrected chi connectivity index (χ2v) is 6.86. The average molecular weight is 360 g/mol. The maximum atomic E-state index is 5.87. The van der Waals surface area contributed by atoms with Crippen molar-refractivity contribution < 1.29 is 4.74 Å². The van der Waals surface area contributed by atoms with Crippen molar-refractivity contribution in [1.29, 1.82) is 0 Å². The Bertz CT molecular complexity index is 817. The van der Waals surface area contributed by atoms with E-state index in [0.29, 0.717) is 11.6 Å². The SMILES string of the molecule is Cc1cccc(CSc2nnc(COc3ccc(Cl)cc3)n2C)c1. The molecule has 0 N–H and O–H groups in total. The monoisotopic (exact) mass is 359 g/mol. The summed E-state index contributed by atoms with van der Waals surface area (Å²) in [6.45, 7) is 2.47. The summed E-state index contributed by atoms with van der Waals surface area (Å²) in [6, 6.07) is 15.8. The first-order chi connectivity index (χ1) is 11.6. The van der Waals surface area contributed by atoms with Gasteiger partial charge < -0.3 is 9.30 Å². The van der Waals surface area contributed by atoms with Gasteiger partial charge in [-0.05, 0) is 36.8 Å². The van der Waals surface area contributed by atoms with E-state index in [1.54, 1.807) is 23.9 Å². The van der Waals surface area contributed by atoms with Crippen molar-refractivity contribution >= 4 is 23.4 Å². The zero-order valence-electron chi connectivity index (χ0n) is 13.6. The van der Waals surface area contributed by atoms with Gasteiger partial charge in [-0.1, -0.05) is 53.2 Å². The van der Waals surface area contributed by atoms with Crippen LogP contribution in [0, 0.1) is 6.92 Å². The van der Waals surface area contributed by atoms with E-state index in [1.807, 2.05) is 23.7 Å². The van der Waals surface area contributed by atoms with Gasteiger partial charge in [-0.15, -0.1) is 10.2 Å². The fourth-order valence-electron chi connectivity index (χ4n) is 2.22. The Morgan fingerprint density at radius 2 is 1.92 bits per heavy atom. The molecule has 0 aliphatic carbocycles. The number of aryl methyl sites for hydroxylation is 1. The number of halogens is 1. The lowest BCUT2D eigenvalue weighted by molar-refractivity contribution is 0.290. The third-order valence-electron chi connectivity index (χ3n) is 3.56. The number of nitrogens with zero attached hydrogens (tertiary/aromatic N) is 3. The Labute approximate surface area is 150 Å². The van der Waals surface area contributed by atoms with Gasteiger partial charge in [-0.25, -0.2) is 0 Å². The van der Waals surface area contributed by atoms with Gasteiger partial charge in [-0.3, -0.25) is 0 Å². The van der Waals surface area contributed by atoms with E-state index in [9.17, 15) is 0 Å². The molecule has 0 amide bonds. The number of hydrogen-bond donors (Lipinski definition) is 0. The Balaban J connectivity index is 1.60. The van der Waals surface area contributed by atoms with Crippen LogP contribution in [-0.2, 0) is 19.4 Å². The van der Waals surface area contributed by atoms with Gasteiger partial charge in [-0.2, -0.15) is 0 Å². The van der Waals surface area contributed by atoms with E-state index in [2.05, 4.69) is 41.4 Å². The van der Waals surface area contributed by atoms with Gasteiger partial charge in [0.1, 0.15) is 12.4 Å². The van der Waals surface area contributed by atoms with E-state index in [0.717, 1.165) is 22.5 Å². The molecule has 24 heavy (non-hydrogen) atoms. The van der Waals surface area contributed by atoms with Crippen LogP contribution in [0.4, 0.5) is 0 Å². The topological polar surface area (TPSA) is 39.9 Å². The number of benzene rings is 2. The zero-order chi connectivity index (χ0) is 16.9. The summed E-state index contributed by atoms with van der Waals surface area (Å²) < 4.78 is 7.70. The Morgan fingerprint density at radius 1 is 1.12 bits per heavy atom. The molecule has 0 bridgehead atoms. The first kappa shape index (κ1) is 16.9. The molecule has 6 heteroatoms. The van der Waals surface area contributed by atoms with Gasteiger partial charge in [0.25, 0.3) is 0 Å². The van der Waals surface area contributed by atoms with Gasteiger partial charge in [0, 0.05) is 17.8 Å². The quantitative estimate of drug-likeness (QED) is 0.601. The molecule has 3 rings (SSSR count). The van der Waals surface area contributed by atoms with Crippen molar-refractivity contribution in [2.45, 2.75) is 24.4 Å². The summed E-state index contributed by atoms with van der Waals surface area (Å²) in [5, 5.41) is 10.0. The van der Waals surface area contributed by atoms with Crippen LogP contribution in [-0.4, -0.2) is 14.8 Å². The number of ether oxygens (including phenoxy) is 1. The van der Waals surface area contributed by atoms with E-state index < -0.39 is 0 Å². The van der Waals surface area contributed by atoms with Gasteiger partial charge >= 0.3 is 0 Å². The molecule has 1 heterocycles. The van der Waals surface area contributed by atoms with E-state index in [-0.39, 0.29) is 0 Å². The minimum absolute atomic E-state index is 0.371. The Kier molecular flexibility index (Phi) is 5.43. The molecular formula is C18H18ClN3OS. The predicted molar refractivity (Wildman–Crippen MR) is 97.5 cm³/mol. The van der Waals surface area contributed by atoms with Crippen LogP contribution in [0.3, 0.4) is 0 Å². The maximum Gasteiger partial charge on any atom is 0.191 e. The third-order valence-corrected chi connectivity index (χ3v) is 4.90. The lowest BCUT2D eigenvalue weighted by Crippen LogP contribution is -2.04. The molecule has 0 unspecified atom stereocenters. The molecule has 1 aromatic heterocycles. The second kappa shape index (κ2) is 7.73. The first-order valence-electron chi connectivity index (χ1n) is 7.57. The molecule has 2 aromatic carbocycles. The van der Waals surface area contributed by atoms with E-state index in [1.165, 1.54) is 11.1 Å². The number of hydrogen-bond acceptors (Lipinski definition) is 4. The third kappa shape index (κ3) is 4.30. The minimum atomic E-state index is 0.371. The molecule has 0 aliphatic heterocycles. The van der Waals surface area contributed by atoms with Crippen molar-refractivity contribution in [3.05, 3.63) is 70.5 Å². The normalized spacial score (nSPS) is 10.8. The van der Waals surface area contributed by atoms with Crippen molar-refractivity contribution in [1.82, 2.24) is 14.8 Å². The molecule has 0 fully saturated rings. The van der Waals surface area contributed by atoms with Gasteiger partial charge in [0.05, 0.1) is 0 Å². The highest BCUT2D eigenvalue weighted by atomic mass is 35.5. The summed E-state index contributed by atoms with van der Waals surface area (Å²) >= 11 is 7.54. The smallest absolute Gasteiger partial charge is 0.191 e. The molecule has 0 radical (unpaired) electrons. The summed E-state index contributed by atoms with van der Waals surface area (Å²) in [5.74, 6) is 2.42. The first-order valence-corrected chi connectivity index (χ1v) is 8.93. The summed E-state index contributed by atoms with van der Waals surface area (Å²) in [7, 11) is 1.96. The Hall–Kier alpha value is -1.98. The second-order valence-electron chi connectivity index (χ2n) is 5.48. The van der Waals surface area contributed by atoms with E-state index in [4.69, 9.17) is 16.3 Å². The molecule has 3 aromatic rings. The maximum absolute atomic E-state index is 5.87. The van der Waals surface area contributed by atoms with Gasteiger partial charge in [0.2, 0.25) is 0 Å². The van der Waals surface area contributed by atoms with Crippen LogP contribution >= 0.6 is 23.4 Å². The molecule has 0 saturated carbocycles. The summed E-state index contributed by atoms with van der Waals surface area (Å²) in [4.78, 5) is 0. The zero-order valence-corrected chi connectivity index (χ0v) is 15.1. The van der Waals surface area contributed by atoms with Crippen LogP contribution in [0.25, 0.3) is 0 Å². The molecule has 4 nitrogen and oxygen atoms in total. The molecular weight excluding hydrogens is 342 g/mol. The predicted octanol–water partition coefficient (Wildman–Crippen LogP) is 4.65. The minimum Gasteiger partial charge on any atom is -0.486 e. The molecule has 0 spiro atoms. The van der Waals surface area contributed by atoms with Crippen molar-refractivity contribution in [3.8, 4) is 5.75 Å². The summed E-state index contributed by atoms with van der Waals surface area (Å²) in [5.41, 5.74) is 2.55. The molecule has 0 aliphatic rings. The average Bonchev–Trinajstić information content (AvgIpc) is 2.93. The lowest BCUT2D eigenvalue weighted by Gasteiger charge is -2.07. The number of thioether (sulfide) groups is 1. The Morgan fingerprint density at radius 3 is 2.67 bits per heavy atom. The fraction of sp³-hybridized carbons (Fsp3) is 0.222. The van der Waals surface area contributed by atoms with Crippen LogP contribution < -0.4 is 4.74 Å².